The number of hydrogen-bond acceptors (Lipinski definition) is 2. The maximum atomic E-state index is 11.7. The molecule has 0 aromatic rings. The molecule has 0 unspecified atom stereocenters. The second-order valence-electron chi connectivity index (χ2n) is 3.40. The number of allylic oxidation sites excluding steroid dienone is 6. The average molecular weight is 200 g/mol. The molecule has 0 N–H and O–H groups in total. The maximum Gasteiger partial charge on any atom is 0.185 e. The first kappa shape index (κ1) is 11.2. The highest BCUT2D eigenvalue weighted by Gasteiger charge is 2.24. The van der Waals surface area contributed by atoms with E-state index >= 15 is 0 Å². The molecule has 0 aliphatic heterocycles. The van der Waals surface area contributed by atoms with E-state index in [0.717, 1.165) is 0 Å². The Morgan fingerprint density at radius 1 is 1.27 bits per heavy atom. The van der Waals surface area contributed by atoms with Crippen LogP contribution in [-0.4, -0.2) is 11.6 Å². The summed E-state index contributed by atoms with van der Waals surface area (Å²) in [6.07, 6.45) is 9.91. The van der Waals surface area contributed by atoms with Gasteiger partial charge in [0.25, 0.3) is 0 Å². The second kappa shape index (κ2) is 4.56. The molecule has 0 spiro atoms. The smallest absolute Gasteiger partial charge is 0.185 e. The van der Waals surface area contributed by atoms with Gasteiger partial charge in [-0.25, -0.2) is 0 Å². The molecule has 0 fully saturated rings. The zero-order valence-corrected chi connectivity index (χ0v) is 8.83. The third-order valence-corrected chi connectivity index (χ3v) is 2.45. The van der Waals surface area contributed by atoms with Crippen LogP contribution >= 0.6 is 0 Å². The molecular weight excluding hydrogens is 188 g/mol. The van der Waals surface area contributed by atoms with Crippen LogP contribution < -0.4 is 0 Å². The Labute approximate surface area is 89.4 Å². The fourth-order valence-electron chi connectivity index (χ4n) is 1.36. The summed E-state index contributed by atoms with van der Waals surface area (Å²) in [5.41, 5.74) is 1.61. The lowest BCUT2D eigenvalue weighted by Gasteiger charge is -2.14. The van der Waals surface area contributed by atoms with Gasteiger partial charge in [-0.1, -0.05) is 18.1 Å². The summed E-state index contributed by atoms with van der Waals surface area (Å²) in [7, 11) is 0. The highest BCUT2D eigenvalue weighted by atomic mass is 16.1. The summed E-state index contributed by atoms with van der Waals surface area (Å²) in [5.74, 6) is 2.27. The van der Waals surface area contributed by atoms with Crippen LogP contribution in [0.5, 0.6) is 0 Å². The van der Waals surface area contributed by atoms with Gasteiger partial charge in [0.15, 0.2) is 11.6 Å². The number of rotatable bonds is 1. The van der Waals surface area contributed by atoms with Gasteiger partial charge in [-0.3, -0.25) is 9.59 Å². The first-order chi connectivity index (χ1) is 7.07. The lowest BCUT2D eigenvalue weighted by atomic mass is 9.87. The van der Waals surface area contributed by atoms with E-state index < -0.39 is 0 Å². The van der Waals surface area contributed by atoms with Crippen molar-refractivity contribution < 1.29 is 9.59 Å². The average Bonchev–Trinajstić information content (AvgIpc) is 2.23. The molecule has 2 heteroatoms. The number of terminal acetylenes is 1. The van der Waals surface area contributed by atoms with Crippen molar-refractivity contribution in [3.05, 3.63) is 34.9 Å². The van der Waals surface area contributed by atoms with Crippen molar-refractivity contribution in [2.75, 3.05) is 0 Å². The van der Waals surface area contributed by atoms with Gasteiger partial charge < -0.3 is 0 Å². The third-order valence-electron chi connectivity index (χ3n) is 2.45. The van der Waals surface area contributed by atoms with E-state index in [9.17, 15) is 9.59 Å². The van der Waals surface area contributed by atoms with Crippen LogP contribution in [0.1, 0.15) is 20.3 Å². The van der Waals surface area contributed by atoms with Gasteiger partial charge in [-0.05, 0) is 25.5 Å². The molecule has 0 heterocycles. The van der Waals surface area contributed by atoms with E-state index in [1.807, 2.05) is 0 Å². The largest absolute Gasteiger partial charge is 0.294 e. The Morgan fingerprint density at radius 2 is 1.93 bits per heavy atom. The molecule has 1 rings (SSSR count). The second-order valence-corrected chi connectivity index (χ2v) is 3.40. The lowest BCUT2D eigenvalue weighted by Crippen LogP contribution is -2.19. The van der Waals surface area contributed by atoms with Crippen LogP contribution in [0.3, 0.4) is 0 Å². The van der Waals surface area contributed by atoms with Crippen LogP contribution in [0.25, 0.3) is 0 Å². The van der Waals surface area contributed by atoms with Crippen LogP contribution in [0.4, 0.5) is 0 Å². The lowest BCUT2D eigenvalue weighted by molar-refractivity contribution is -0.119. The normalized spacial score (nSPS) is 20.2. The zero-order valence-electron chi connectivity index (χ0n) is 8.83. The van der Waals surface area contributed by atoms with E-state index in [0.29, 0.717) is 16.7 Å². The van der Waals surface area contributed by atoms with Gasteiger partial charge >= 0.3 is 0 Å². The minimum absolute atomic E-state index is 0.00691. The minimum atomic E-state index is -0.0613. The highest BCUT2D eigenvalue weighted by molar-refractivity contribution is 6.20. The predicted molar refractivity (Wildman–Crippen MR) is 59.1 cm³/mol. The summed E-state index contributed by atoms with van der Waals surface area (Å²) in [5, 5.41) is 0. The Balaban J connectivity index is 3.05. The first-order valence-electron chi connectivity index (χ1n) is 4.65. The molecule has 0 aromatic heterocycles. The Bertz CT molecular complexity index is 440. The molecule has 0 amide bonds. The fourth-order valence-corrected chi connectivity index (χ4v) is 1.36. The van der Waals surface area contributed by atoms with E-state index in [-0.39, 0.29) is 18.0 Å². The first-order valence-corrected chi connectivity index (χ1v) is 4.65. The Hall–Kier alpha value is -1.88. The van der Waals surface area contributed by atoms with Crippen molar-refractivity contribution in [1.29, 1.82) is 0 Å². The van der Waals surface area contributed by atoms with E-state index in [1.54, 1.807) is 26.0 Å². The molecule has 15 heavy (non-hydrogen) atoms. The van der Waals surface area contributed by atoms with Gasteiger partial charge in [0.05, 0.1) is 0 Å². The van der Waals surface area contributed by atoms with Crippen molar-refractivity contribution in [3.8, 4) is 12.3 Å². The number of carbonyl (C=O) groups excluding carboxylic acids is 2. The molecule has 2 nitrogen and oxygen atoms in total. The van der Waals surface area contributed by atoms with Gasteiger partial charge in [0.2, 0.25) is 0 Å². The monoisotopic (exact) mass is 200 g/mol. The predicted octanol–water partition coefficient (Wildman–Crippen LogP) is 1.98. The molecule has 1 aliphatic rings. The van der Waals surface area contributed by atoms with Gasteiger partial charge in [-0.2, -0.15) is 0 Å². The number of carbonyl (C=O) groups is 2. The van der Waals surface area contributed by atoms with Crippen molar-refractivity contribution >= 4 is 11.6 Å². The molecule has 0 atom stereocenters. The molecule has 0 radical (unpaired) electrons. The summed E-state index contributed by atoms with van der Waals surface area (Å²) >= 11 is 0. The van der Waals surface area contributed by atoms with E-state index in [1.165, 1.54) is 6.08 Å². The fraction of sp³-hybridized carbons (Fsp3) is 0.231. The van der Waals surface area contributed by atoms with Gasteiger partial charge in [0, 0.05) is 17.6 Å². The minimum Gasteiger partial charge on any atom is -0.294 e. The Morgan fingerprint density at radius 3 is 2.53 bits per heavy atom. The molecule has 1 aliphatic carbocycles. The summed E-state index contributed by atoms with van der Waals surface area (Å²) in [4.78, 5) is 23.2. The van der Waals surface area contributed by atoms with Crippen molar-refractivity contribution in [1.82, 2.24) is 0 Å². The van der Waals surface area contributed by atoms with Crippen LogP contribution in [0.2, 0.25) is 0 Å². The highest BCUT2D eigenvalue weighted by Crippen LogP contribution is 2.22. The SMILES string of the molecule is C#C/C=C\C=C1/CC(=O)C(C)=C(C)C1=O. The van der Waals surface area contributed by atoms with Crippen LogP contribution in [0.15, 0.2) is 34.9 Å². The topological polar surface area (TPSA) is 34.1 Å². The molecule has 0 bridgehead atoms. The van der Waals surface area contributed by atoms with Crippen LogP contribution in [0, 0.1) is 12.3 Å². The quantitative estimate of drug-likeness (QED) is 0.479. The number of ketones is 2. The van der Waals surface area contributed by atoms with Crippen LogP contribution in [-0.2, 0) is 9.59 Å². The number of Topliss-reactive ketones (excluding diaryl/α,β-unsaturated/α-hetero) is 2. The maximum absolute atomic E-state index is 11.7. The van der Waals surface area contributed by atoms with Crippen molar-refractivity contribution in [2.24, 2.45) is 0 Å². The molecule has 0 saturated carbocycles. The van der Waals surface area contributed by atoms with Gasteiger partial charge in [-0.15, -0.1) is 6.42 Å². The van der Waals surface area contributed by atoms with E-state index in [2.05, 4.69) is 5.92 Å². The third kappa shape index (κ3) is 2.32. The van der Waals surface area contributed by atoms with Crippen molar-refractivity contribution in [2.45, 2.75) is 20.3 Å². The van der Waals surface area contributed by atoms with E-state index in [4.69, 9.17) is 6.42 Å². The molecule has 76 valence electrons. The molecule has 0 saturated heterocycles. The van der Waals surface area contributed by atoms with Gasteiger partial charge in [0.1, 0.15) is 0 Å². The molecule has 0 aromatic carbocycles. The molecular formula is C13H12O2. The standard InChI is InChI=1S/C13H12O2/c1-4-5-6-7-11-8-12(14)9(2)10(3)13(11)15/h1,5-7H,8H2,2-3H3/b6-5-,11-7+. The Kier molecular flexibility index (Phi) is 3.41. The number of hydrogen-bond donors (Lipinski definition) is 0. The van der Waals surface area contributed by atoms with Crippen molar-refractivity contribution in [3.63, 3.8) is 0 Å². The summed E-state index contributed by atoms with van der Waals surface area (Å²) in [6, 6.07) is 0. The zero-order chi connectivity index (χ0) is 11.4. The summed E-state index contributed by atoms with van der Waals surface area (Å²) < 4.78 is 0. The summed E-state index contributed by atoms with van der Waals surface area (Å²) in [6.45, 7) is 3.36.